The van der Waals surface area contributed by atoms with Crippen molar-refractivity contribution in [1.82, 2.24) is 0 Å². The maximum absolute atomic E-state index is 13.8. The Morgan fingerprint density at radius 3 is 2.78 bits per heavy atom. The molecule has 0 bridgehead atoms. The van der Waals surface area contributed by atoms with E-state index in [9.17, 15) is 9.18 Å². The first kappa shape index (κ1) is 15.6. The summed E-state index contributed by atoms with van der Waals surface area (Å²) in [5.41, 5.74) is 3.83. The molecule has 0 aliphatic carbocycles. The lowest BCUT2D eigenvalue weighted by molar-refractivity contribution is -0.115. The summed E-state index contributed by atoms with van der Waals surface area (Å²) < 4.78 is 19.3. The molecule has 3 nitrogen and oxygen atoms in total. The topological polar surface area (TPSA) is 42.2 Å². The minimum Gasteiger partial charge on any atom is -0.464 e. The predicted molar refractivity (Wildman–Crippen MR) is 89.4 cm³/mol. The van der Waals surface area contributed by atoms with Crippen LogP contribution in [0.5, 0.6) is 0 Å². The van der Waals surface area contributed by atoms with E-state index in [4.69, 9.17) is 16.0 Å². The van der Waals surface area contributed by atoms with Gasteiger partial charge in [0.15, 0.2) is 5.82 Å². The van der Waals surface area contributed by atoms with Gasteiger partial charge in [-0.3, -0.25) is 4.79 Å². The zero-order chi connectivity index (χ0) is 16.6. The zero-order valence-electron chi connectivity index (χ0n) is 12.7. The first-order valence-electron chi connectivity index (χ1n) is 7.17. The highest BCUT2D eigenvalue weighted by atomic mass is 35.5. The molecule has 1 amide bonds. The maximum Gasteiger partial charge on any atom is 0.229 e. The van der Waals surface area contributed by atoms with Crippen LogP contribution < -0.4 is 5.32 Å². The van der Waals surface area contributed by atoms with Crippen molar-refractivity contribution < 1.29 is 13.6 Å². The molecule has 23 heavy (non-hydrogen) atoms. The number of aryl methyl sites for hydroxylation is 2. The number of benzene rings is 2. The second-order valence-electron chi connectivity index (χ2n) is 5.52. The Balaban J connectivity index is 1.83. The van der Waals surface area contributed by atoms with Crippen LogP contribution in [0.3, 0.4) is 0 Å². The summed E-state index contributed by atoms with van der Waals surface area (Å²) in [5, 5.41) is 3.41. The van der Waals surface area contributed by atoms with Crippen molar-refractivity contribution in [1.29, 1.82) is 0 Å². The van der Waals surface area contributed by atoms with Gasteiger partial charge in [0.25, 0.3) is 0 Å². The Hall–Kier alpha value is -2.33. The number of amides is 1. The number of carbonyl (C=O) groups is 1. The van der Waals surface area contributed by atoms with Crippen molar-refractivity contribution in [2.24, 2.45) is 0 Å². The molecule has 0 saturated heterocycles. The molecule has 0 aliphatic rings. The minimum absolute atomic E-state index is 0.0253. The van der Waals surface area contributed by atoms with Crippen molar-refractivity contribution in [3.05, 3.63) is 64.1 Å². The van der Waals surface area contributed by atoms with Crippen LogP contribution in [0.15, 0.2) is 41.0 Å². The van der Waals surface area contributed by atoms with Crippen molar-refractivity contribution in [2.75, 3.05) is 5.32 Å². The summed E-state index contributed by atoms with van der Waals surface area (Å²) in [5.74, 6) is -0.960. The van der Waals surface area contributed by atoms with E-state index in [1.807, 2.05) is 26.0 Å². The van der Waals surface area contributed by atoms with E-state index in [0.717, 1.165) is 27.7 Å². The largest absolute Gasteiger partial charge is 0.464 e. The fourth-order valence-corrected chi connectivity index (χ4v) is 2.62. The number of nitrogens with one attached hydrogen (secondary N) is 1. The van der Waals surface area contributed by atoms with Crippen molar-refractivity contribution >= 4 is 34.2 Å². The average molecular weight is 332 g/mol. The summed E-state index contributed by atoms with van der Waals surface area (Å²) in [4.78, 5) is 12.2. The lowest BCUT2D eigenvalue weighted by atomic mass is 10.0. The number of furan rings is 1. The Kier molecular flexibility index (Phi) is 4.09. The van der Waals surface area contributed by atoms with E-state index in [1.54, 1.807) is 12.3 Å². The van der Waals surface area contributed by atoms with Crippen molar-refractivity contribution in [2.45, 2.75) is 20.3 Å². The van der Waals surface area contributed by atoms with E-state index in [1.165, 1.54) is 12.1 Å². The second kappa shape index (κ2) is 6.05. The zero-order valence-corrected chi connectivity index (χ0v) is 13.5. The Morgan fingerprint density at radius 1 is 1.26 bits per heavy atom. The third kappa shape index (κ3) is 3.08. The molecule has 3 aromatic rings. The SMILES string of the molecule is Cc1cc2occ(CC(=O)Nc3cccc(Cl)c3F)c2cc1C. The van der Waals surface area contributed by atoms with Crippen LogP contribution in [0, 0.1) is 19.7 Å². The molecule has 1 N–H and O–H groups in total. The molecule has 0 spiro atoms. The van der Waals surface area contributed by atoms with Gasteiger partial charge in [-0.15, -0.1) is 0 Å². The van der Waals surface area contributed by atoms with Gasteiger partial charge in [0, 0.05) is 10.9 Å². The fraction of sp³-hybridized carbons (Fsp3) is 0.167. The van der Waals surface area contributed by atoms with Gasteiger partial charge in [-0.25, -0.2) is 4.39 Å². The van der Waals surface area contributed by atoms with E-state index in [0.29, 0.717) is 0 Å². The fourth-order valence-electron chi connectivity index (χ4n) is 2.44. The normalized spacial score (nSPS) is 11.0. The molecular weight excluding hydrogens is 317 g/mol. The van der Waals surface area contributed by atoms with Crippen LogP contribution in [0.4, 0.5) is 10.1 Å². The van der Waals surface area contributed by atoms with E-state index >= 15 is 0 Å². The number of anilines is 1. The first-order chi connectivity index (χ1) is 11.0. The van der Waals surface area contributed by atoms with Gasteiger partial charge >= 0.3 is 0 Å². The molecule has 2 aromatic carbocycles. The van der Waals surface area contributed by atoms with Gasteiger partial charge < -0.3 is 9.73 Å². The Bertz CT molecular complexity index is 901. The number of halogens is 2. The lowest BCUT2D eigenvalue weighted by Gasteiger charge is -2.07. The first-order valence-corrected chi connectivity index (χ1v) is 7.54. The van der Waals surface area contributed by atoms with Crippen LogP contribution in [-0.4, -0.2) is 5.91 Å². The van der Waals surface area contributed by atoms with Gasteiger partial charge in [-0.1, -0.05) is 17.7 Å². The number of hydrogen-bond acceptors (Lipinski definition) is 2. The van der Waals surface area contributed by atoms with Crippen LogP contribution in [0.25, 0.3) is 11.0 Å². The van der Waals surface area contributed by atoms with Gasteiger partial charge in [0.05, 0.1) is 23.4 Å². The summed E-state index contributed by atoms with van der Waals surface area (Å²) in [6.45, 7) is 4.01. The molecule has 1 heterocycles. The van der Waals surface area contributed by atoms with Crippen molar-refractivity contribution in [3.63, 3.8) is 0 Å². The smallest absolute Gasteiger partial charge is 0.229 e. The maximum atomic E-state index is 13.8. The van der Waals surface area contributed by atoms with Crippen molar-refractivity contribution in [3.8, 4) is 0 Å². The van der Waals surface area contributed by atoms with Gasteiger partial charge in [0.2, 0.25) is 5.91 Å². The second-order valence-corrected chi connectivity index (χ2v) is 5.93. The summed E-state index contributed by atoms with van der Waals surface area (Å²) in [6.07, 6.45) is 1.67. The number of fused-ring (bicyclic) bond motifs is 1. The summed E-state index contributed by atoms with van der Waals surface area (Å²) in [7, 11) is 0. The van der Waals surface area contributed by atoms with E-state index in [-0.39, 0.29) is 23.0 Å². The molecule has 1 aromatic heterocycles. The Labute approximate surface area is 138 Å². The summed E-state index contributed by atoms with van der Waals surface area (Å²) >= 11 is 5.71. The highest BCUT2D eigenvalue weighted by molar-refractivity contribution is 6.31. The molecule has 5 heteroatoms. The monoisotopic (exact) mass is 331 g/mol. The molecule has 0 saturated carbocycles. The lowest BCUT2D eigenvalue weighted by Crippen LogP contribution is -2.15. The molecular formula is C18H15ClFNO2. The van der Waals surface area contributed by atoms with Crippen LogP contribution in [-0.2, 0) is 11.2 Å². The third-order valence-corrected chi connectivity index (χ3v) is 4.14. The molecule has 118 valence electrons. The quantitative estimate of drug-likeness (QED) is 0.732. The minimum atomic E-state index is -0.633. The molecule has 0 fully saturated rings. The molecule has 0 radical (unpaired) electrons. The highest BCUT2D eigenvalue weighted by Gasteiger charge is 2.14. The average Bonchev–Trinajstić information content (AvgIpc) is 2.86. The summed E-state index contributed by atoms with van der Waals surface area (Å²) in [6, 6.07) is 8.43. The highest BCUT2D eigenvalue weighted by Crippen LogP contribution is 2.26. The van der Waals surface area contributed by atoms with Crippen LogP contribution in [0.2, 0.25) is 5.02 Å². The molecule has 0 aliphatic heterocycles. The van der Waals surface area contributed by atoms with Gasteiger partial charge in [-0.2, -0.15) is 0 Å². The van der Waals surface area contributed by atoms with E-state index < -0.39 is 5.82 Å². The van der Waals surface area contributed by atoms with Crippen LogP contribution in [0.1, 0.15) is 16.7 Å². The van der Waals surface area contributed by atoms with Crippen LogP contribution >= 0.6 is 11.6 Å². The van der Waals surface area contributed by atoms with E-state index in [2.05, 4.69) is 5.32 Å². The van der Waals surface area contributed by atoms with Gasteiger partial charge in [-0.05, 0) is 49.2 Å². The number of carbonyl (C=O) groups excluding carboxylic acids is 1. The molecule has 0 unspecified atom stereocenters. The number of rotatable bonds is 3. The van der Waals surface area contributed by atoms with Gasteiger partial charge in [0.1, 0.15) is 5.58 Å². The third-order valence-electron chi connectivity index (χ3n) is 3.85. The molecule has 3 rings (SSSR count). The standard InChI is InChI=1S/C18H15ClFNO2/c1-10-6-13-12(9-23-16(13)7-11(10)2)8-17(22)21-15-5-3-4-14(19)18(15)20/h3-7,9H,8H2,1-2H3,(H,21,22). The Morgan fingerprint density at radius 2 is 2.00 bits per heavy atom. The predicted octanol–water partition coefficient (Wildman–Crippen LogP) is 5.02. The molecule has 0 atom stereocenters. The number of hydrogen-bond donors (Lipinski definition) is 1.